The van der Waals surface area contributed by atoms with Gasteiger partial charge in [-0.15, -0.1) is 0 Å². The first kappa shape index (κ1) is 96.1. The first-order valence-electron chi connectivity index (χ1n) is 40.8. The molecule has 2 unspecified atom stereocenters. The van der Waals surface area contributed by atoms with Gasteiger partial charge in [0.05, 0.1) is 26.4 Å². The van der Waals surface area contributed by atoms with Crippen molar-refractivity contribution in [1.29, 1.82) is 0 Å². The quantitative estimate of drug-likeness (QED) is 0.0222. The van der Waals surface area contributed by atoms with Crippen molar-refractivity contribution in [2.45, 2.75) is 426 Å². The minimum absolute atomic E-state index is 0.104. The van der Waals surface area contributed by atoms with E-state index >= 15 is 0 Å². The summed E-state index contributed by atoms with van der Waals surface area (Å²) in [6.07, 6.45) is 57.0. The van der Waals surface area contributed by atoms with Gasteiger partial charge in [0.1, 0.15) is 19.3 Å². The Kier molecular flexibility index (Phi) is 68.1. The van der Waals surface area contributed by atoms with Gasteiger partial charge in [-0.2, -0.15) is 0 Å². The third-order valence-corrected chi connectivity index (χ3v) is 20.3. The molecule has 0 aromatic carbocycles. The van der Waals surface area contributed by atoms with Gasteiger partial charge in [-0.25, -0.2) is 9.13 Å². The minimum Gasteiger partial charge on any atom is -0.462 e. The molecule has 98 heavy (non-hydrogen) atoms. The predicted octanol–water partition coefficient (Wildman–Crippen LogP) is 23.4. The van der Waals surface area contributed by atoms with Crippen LogP contribution in [0.1, 0.15) is 408 Å². The number of ether oxygens (including phenoxy) is 4. The van der Waals surface area contributed by atoms with Gasteiger partial charge in [0.25, 0.3) is 0 Å². The molecule has 0 saturated carbocycles. The van der Waals surface area contributed by atoms with E-state index in [9.17, 15) is 43.2 Å². The lowest BCUT2D eigenvalue weighted by atomic mass is 10.0. The molecule has 0 saturated heterocycles. The lowest BCUT2D eigenvalue weighted by Gasteiger charge is -2.21. The summed E-state index contributed by atoms with van der Waals surface area (Å²) in [6, 6.07) is 0. The molecule has 0 heterocycles. The lowest BCUT2D eigenvalue weighted by Crippen LogP contribution is -2.30. The number of unbranched alkanes of at least 4 members (excludes halogenated alkanes) is 45. The van der Waals surface area contributed by atoms with Crippen LogP contribution < -0.4 is 0 Å². The van der Waals surface area contributed by atoms with Crippen LogP contribution >= 0.6 is 15.6 Å². The van der Waals surface area contributed by atoms with Gasteiger partial charge in [0, 0.05) is 25.7 Å². The Labute approximate surface area is 600 Å². The average Bonchev–Trinajstić information content (AvgIpc) is 1.15. The van der Waals surface area contributed by atoms with Gasteiger partial charge in [0.2, 0.25) is 0 Å². The van der Waals surface area contributed by atoms with E-state index in [-0.39, 0.29) is 25.7 Å². The third kappa shape index (κ3) is 72.4. The van der Waals surface area contributed by atoms with Crippen LogP contribution in [0, 0.1) is 17.8 Å². The second-order valence-corrected chi connectivity index (χ2v) is 32.8. The SMILES string of the molecule is CCCCCCCCCCCC(=O)OC[C@H](COP(=O)(O)OC[C@H](O)COP(=O)(O)OC[C@@H](COC(=O)CCCCCCCCCCCCCCCCC(C)C)OC(=O)CCCCCCCCCCCCCCCCCCCCC(C)C)OC(=O)CCCCCCCCCCC(C)C. The molecule has 19 heteroatoms. The number of rotatable bonds is 77. The molecule has 0 aliphatic rings. The van der Waals surface area contributed by atoms with Crippen molar-refractivity contribution < 1.29 is 80.2 Å². The number of aliphatic hydroxyl groups is 1. The maximum absolute atomic E-state index is 13.1. The largest absolute Gasteiger partial charge is 0.472 e. The van der Waals surface area contributed by atoms with E-state index in [2.05, 4.69) is 48.5 Å². The van der Waals surface area contributed by atoms with Crippen LogP contribution in [0.3, 0.4) is 0 Å². The summed E-state index contributed by atoms with van der Waals surface area (Å²) >= 11 is 0. The van der Waals surface area contributed by atoms with Crippen molar-refractivity contribution in [3.05, 3.63) is 0 Å². The van der Waals surface area contributed by atoms with Crippen molar-refractivity contribution in [1.82, 2.24) is 0 Å². The Hall–Kier alpha value is -1.94. The summed E-state index contributed by atoms with van der Waals surface area (Å²) < 4.78 is 68.6. The Balaban J connectivity index is 5.20. The second-order valence-electron chi connectivity index (χ2n) is 29.9. The first-order valence-corrected chi connectivity index (χ1v) is 43.8. The van der Waals surface area contributed by atoms with Crippen molar-refractivity contribution in [2.24, 2.45) is 17.8 Å². The van der Waals surface area contributed by atoms with E-state index in [4.69, 9.17) is 37.0 Å². The van der Waals surface area contributed by atoms with Crippen LogP contribution in [0.4, 0.5) is 0 Å². The fourth-order valence-corrected chi connectivity index (χ4v) is 13.7. The summed E-state index contributed by atoms with van der Waals surface area (Å²) in [5.74, 6) is 0.221. The summed E-state index contributed by atoms with van der Waals surface area (Å²) in [4.78, 5) is 72.8. The molecule has 0 aromatic rings. The highest BCUT2D eigenvalue weighted by Crippen LogP contribution is 2.45. The zero-order chi connectivity index (χ0) is 72.3. The molecule has 0 aromatic heterocycles. The minimum atomic E-state index is -4.96. The molecule has 3 N–H and O–H groups in total. The smallest absolute Gasteiger partial charge is 0.462 e. The summed E-state index contributed by atoms with van der Waals surface area (Å²) in [5, 5.41) is 10.6. The van der Waals surface area contributed by atoms with Gasteiger partial charge in [-0.3, -0.25) is 37.3 Å². The molecule has 5 atom stereocenters. The zero-order valence-corrected chi connectivity index (χ0v) is 66.0. The molecule has 0 radical (unpaired) electrons. The molecule has 0 bridgehead atoms. The van der Waals surface area contributed by atoms with Crippen LogP contribution in [0.15, 0.2) is 0 Å². The Morgan fingerprint density at radius 3 is 0.694 bits per heavy atom. The number of carbonyl (C=O) groups is 4. The maximum atomic E-state index is 13.1. The molecule has 17 nitrogen and oxygen atoms in total. The standard InChI is InChI=1S/C79H154O17P2/c1-8-9-10-11-12-29-39-46-53-60-76(81)89-66-75(96-79(84)63-56-49-42-35-34-38-45-52-59-72(6)7)69-94-98(87,88)92-65-73(80)64-91-97(85,86)93-68-74(67-90-77(82)61-54-47-40-32-27-23-20-19-22-26-31-37-44-51-58-71(4)5)95-78(83)62-55-48-41-33-28-24-18-16-14-13-15-17-21-25-30-36-43-50-57-70(2)3/h70-75,80H,8-69H2,1-7H3,(H,85,86)(H,87,88)/t73-,74-,75-/m1/s1. The highest BCUT2D eigenvalue weighted by atomic mass is 31.2. The number of hydrogen-bond donors (Lipinski definition) is 3. The fourth-order valence-electron chi connectivity index (χ4n) is 12.1. The van der Waals surface area contributed by atoms with E-state index in [1.807, 2.05) is 0 Å². The normalized spacial score (nSPS) is 14.0. The molecular weight excluding hydrogens is 1280 g/mol. The lowest BCUT2D eigenvalue weighted by molar-refractivity contribution is -0.161. The Morgan fingerprint density at radius 2 is 0.469 bits per heavy atom. The molecule has 0 amide bonds. The molecule has 0 spiro atoms. The monoisotopic (exact) mass is 1440 g/mol. The van der Waals surface area contributed by atoms with Crippen molar-refractivity contribution in [3.8, 4) is 0 Å². The summed E-state index contributed by atoms with van der Waals surface area (Å²) in [5.41, 5.74) is 0. The highest BCUT2D eigenvalue weighted by molar-refractivity contribution is 7.47. The molecule has 0 rings (SSSR count). The number of carbonyl (C=O) groups excluding carboxylic acids is 4. The zero-order valence-electron chi connectivity index (χ0n) is 64.3. The van der Waals surface area contributed by atoms with E-state index < -0.39 is 97.5 Å². The van der Waals surface area contributed by atoms with Gasteiger partial charge < -0.3 is 33.8 Å². The maximum Gasteiger partial charge on any atom is 0.472 e. The highest BCUT2D eigenvalue weighted by Gasteiger charge is 2.30. The summed E-state index contributed by atoms with van der Waals surface area (Å²) in [7, 11) is -9.91. The Morgan fingerprint density at radius 1 is 0.276 bits per heavy atom. The van der Waals surface area contributed by atoms with Crippen LogP contribution in [0.5, 0.6) is 0 Å². The third-order valence-electron chi connectivity index (χ3n) is 18.4. The van der Waals surface area contributed by atoms with Crippen LogP contribution in [-0.2, 0) is 65.4 Å². The van der Waals surface area contributed by atoms with Gasteiger partial charge in [-0.05, 0) is 43.4 Å². The average molecular weight is 1440 g/mol. The van der Waals surface area contributed by atoms with Crippen LogP contribution in [0.2, 0.25) is 0 Å². The fraction of sp³-hybridized carbons (Fsp3) is 0.949. The first-order chi connectivity index (χ1) is 47.2. The number of aliphatic hydroxyl groups excluding tert-OH is 1. The Bertz CT molecular complexity index is 1900. The molecular formula is C79H154O17P2. The van der Waals surface area contributed by atoms with Crippen LogP contribution in [-0.4, -0.2) is 96.7 Å². The molecule has 0 fully saturated rings. The number of hydrogen-bond acceptors (Lipinski definition) is 15. The van der Waals surface area contributed by atoms with E-state index in [0.717, 1.165) is 108 Å². The molecule has 0 aliphatic carbocycles. The van der Waals surface area contributed by atoms with Gasteiger partial charge >= 0.3 is 39.5 Å². The van der Waals surface area contributed by atoms with E-state index in [0.29, 0.717) is 25.7 Å². The molecule has 582 valence electrons. The van der Waals surface area contributed by atoms with Gasteiger partial charge in [0.15, 0.2) is 12.2 Å². The number of phosphoric ester groups is 2. The van der Waals surface area contributed by atoms with Crippen molar-refractivity contribution in [3.63, 3.8) is 0 Å². The van der Waals surface area contributed by atoms with E-state index in [1.165, 1.54) is 218 Å². The van der Waals surface area contributed by atoms with Crippen molar-refractivity contribution >= 4 is 39.5 Å². The van der Waals surface area contributed by atoms with Crippen LogP contribution in [0.25, 0.3) is 0 Å². The predicted molar refractivity (Wildman–Crippen MR) is 400 cm³/mol. The van der Waals surface area contributed by atoms with Gasteiger partial charge in [-0.1, -0.05) is 357 Å². The number of esters is 4. The number of phosphoric acid groups is 2. The second kappa shape index (κ2) is 69.4. The summed E-state index contributed by atoms with van der Waals surface area (Å²) in [6.45, 7) is 11.9. The molecule has 0 aliphatic heterocycles. The topological polar surface area (TPSA) is 237 Å². The van der Waals surface area contributed by atoms with Crippen molar-refractivity contribution in [2.75, 3.05) is 39.6 Å². The van der Waals surface area contributed by atoms with E-state index in [1.54, 1.807) is 0 Å².